The number of halogens is 1. The predicted octanol–water partition coefficient (Wildman–Crippen LogP) is 3.85. The normalized spacial score (nSPS) is 19.5. The molecule has 2 aromatic rings. The molecule has 7 heteroatoms. The summed E-state index contributed by atoms with van der Waals surface area (Å²) in [4.78, 5) is 26.0. The number of ether oxygens (including phenoxy) is 1. The number of hydrogen-bond donors (Lipinski definition) is 1. The van der Waals surface area contributed by atoms with Gasteiger partial charge in [0.2, 0.25) is 5.91 Å². The van der Waals surface area contributed by atoms with Crippen LogP contribution >= 0.6 is 0 Å². The van der Waals surface area contributed by atoms with Crippen molar-refractivity contribution in [3.63, 3.8) is 0 Å². The lowest BCUT2D eigenvalue weighted by atomic mass is 9.80. The first kappa shape index (κ1) is 18.9. The Hall–Kier alpha value is -2.83. The van der Waals surface area contributed by atoms with E-state index in [0.717, 1.165) is 0 Å². The van der Waals surface area contributed by atoms with Gasteiger partial charge in [0.25, 0.3) is 0 Å². The van der Waals surface area contributed by atoms with Crippen molar-refractivity contribution < 1.29 is 28.2 Å². The fourth-order valence-electron chi connectivity index (χ4n) is 3.54. The van der Waals surface area contributed by atoms with Gasteiger partial charge in [-0.25, -0.2) is 4.39 Å². The van der Waals surface area contributed by atoms with Gasteiger partial charge in [-0.15, -0.1) is 0 Å². The fourth-order valence-corrected chi connectivity index (χ4v) is 3.54. The molecule has 1 N–H and O–H groups in total. The number of rotatable bonds is 6. The number of hydrogen-bond acceptors (Lipinski definition) is 4. The van der Waals surface area contributed by atoms with Crippen LogP contribution in [0.1, 0.15) is 31.4 Å². The fraction of sp³-hybridized carbons (Fsp3) is 0.400. The summed E-state index contributed by atoms with van der Waals surface area (Å²) in [6.45, 7) is 0.145. The molecule has 1 aliphatic carbocycles. The van der Waals surface area contributed by atoms with Crippen molar-refractivity contribution in [2.24, 2.45) is 11.8 Å². The third-order valence-electron chi connectivity index (χ3n) is 4.98. The molecule has 1 amide bonds. The van der Waals surface area contributed by atoms with Crippen LogP contribution in [0.3, 0.4) is 0 Å². The Bertz CT molecular complexity index is 805. The molecule has 1 heterocycles. The lowest BCUT2D eigenvalue weighted by molar-refractivity contribution is -0.143. The highest BCUT2D eigenvalue weighted by Crippen LogP contribution is 2.33. The highest BCUT2D eigenvalue weighted by molar-refractivity contribution is 5.95. The van der Waals surface area contributed by atoms with Gasteiger partial charge >= 0.3 is 5.97 Å². The van der Waals surface area contributed by atoms with E-state index in [9.17, 15) is 19.1 Å². The Balaban J connectivity index is 1.88. The van der Waals surface area contributed by atoms with E-state index in [2.05, 4.69) is 0 Å². The average molecular weight is 375 g/mol. The van der Waals surface area contributed by atoms with Crippen molar-refractivity contribution in [1.29, 1.82) is 0 Å². The number of anilines is 1. The largest absolute Gasteiger partial charge is 0.494 e. The van der Waals surface area contributed by atoms with Gasteiger partial charge in [0.15, 0.2) is 11.6 Å². The summed E-state index contributed by atoms with van der Waals surface area (Å²) in [5, 5.41) is 9.29. The van der Waals surface area contributed by atoms with E-state index in [0.29, 0.717) is 37.1 Å². The minimum absolute atomic E-state index is 0.0905. The molecule has 2 atom stereocenters. The maximum absolute atomic E-state index is 14.2. The zero-order chi connectivity index (χ0) is 19.4. The molecule has 0 bridgehead atoms. The van der Waals surface area contributed by atoms with Crippen LogP contribution in [-0.2, 0) is 16.1 Å². The number of benzene rings is 1. The topological polar surface area (TPSA) is 80.0 Å². The Labute approximate surface area is 156 Å². The molecule has 0 aliphatic heterocycles. The number of carbonyl (C=O) groups excluding carboxylic acids is 1. The number of carboxylic acids is 1. The Morgan fingerprint density at radius 3 is 2.70 bits per heavy atom. The van der Waals surface area contributed by atoms with Crippen molar-refractivity contribution in [2.75, 3.05) is 12.0 Å². The molecule has 27 heavy (non-hydrogen) atoms. The van der Waals surface area contributed by atoms with Gasteiger partial charge in [-0.3, -0.25) is 9.59 Å². The van der Waals surface area contributed by atoms with Gasteiger partial charge in [-0.05, 0) is 43.5 Å². The highest BCUT2D eigenvalue weighted by atomic mass is 19.1. The van der Waals surface area contributed by atoms with Crippen molar-refractivity contribution in [1.82, 2.24) is 0 Å². The Kier molecular flexibility index (Phi) is 5.78. The van der Waals surface area contributed by atoms with Gasteiger partial charge in [0.05, 0.1) is 25.8 Å². The number of carbonyl (C=O) groups is 2. The number of carboxylic acid groups (broad SMARTS) is 1. The SMILES string of the molecule is COc1ccc(N(Cc2ccco2)C(=O)C2CCCC(C(=O)O)C2)cc1F. The molecule has 1 fully saturated rings. The van der Waals surface area contributed by atoms with Crippen molar-refractivity contribution in [3.8, 4) is 5.75 Å². The van der Waals surface area contributed by atoms with Crippen molar-refractivity contribution in [2.45, 2.75) is 32.2 Å². The second kappa shape index (κ2) is 8.24. The Morgan fingerprint density at radius 1 is 1.30 bits per heavy atom. The van der Waals surface area contributed by atoms with E-state index in [1.54, 1.807) is 18.2 Å². The molecule has 1 aliphatic rings. The molecule has 1 aromatic carbocycles. The molecule has 3 rings (SSSR count). The first-order valence-electron chi connectivity index (χ1n) is 8.89. The minimum Gasteiger partial charge on any atom is -0.494 e. The molecule has 2 unspecified atom stereocenters. The van der Waals surface area contributed by atoms with Crippen LogP contribution in [0, 0.1) is 17.7 Å². The Morgan fingerprint density at radius 2 is 2.07 bits per heavy atom. The zero-order valence-corrected chi connectivity index (χ0v) is 15.1. The van der Waals surface area contributed by atoms with Gasteiger partial charge in [-0.2, -0.15) is 0 Å². The first-order chi connectivity index (χ1) is 13.0. The van der Waals surface area contributed by atoms with Crippen LogP contribution in [0.5, 0.6) is 5.75 Å². The molecule has 1 saturated carbocycles. The lowest BCUT2D eigenvalue weighted by Crippen LogP contribution is -2.39. The van der Waals surface area contributed by atoms with Crippen LogP contribution in [0.15, 0.2) is 41.0 Å². The third-order valence-corrected chi connectivity index (χ3v) is 4.98. The van der Waals surface area contributed by atoms with Gasteiger partial charge in [0.1, 0.15) is 5.76 Å². The molecule has 6 nitrogen and oxygen atoms in total. The average Bonchev–Trinajstić information content (AvgIpc) is 3.19. The van der Waals surface area contributed by atoms with E-state index in [1.165, 1.54) is 30.4 Å². The summed E-state index contributed by atoms with van der Waals surface area (Å²) in [6.07, 6.45) is 3.68. The smallest absolute Gasteiger partial charge is 0.306 e. The van der Waals surface area contributed by atoms with E-state index in [4.69, 9.17) is 9.15 Å². The summed E-state index contributed by atoms with van der Waals surface area (Å²) in [5.41, 5.74) is 0.382. The highest BCUT2D eigenvalue weighted by Gasteiger charge is 2.34. The summed E-state index contributed by atoms with van der Waals surface area (Å²) in [7, 11) is 1.37. The monoisotopic (exact) mass is 375 g/mol. The second-order valence-electron chi connectivity index (χ2n) is 6.72. The maximum Gasteiger partial charge on any atom is 0.306 e. The van der Waals surface area contributed by atoms with Crippen LogP contribution in [0.25, 0.3) is 0 Å². The van der Waals surface area contributed by atoms with E-state index in [-0.39, 0.29) is 18.2 Å². The number of methoxy groups -OCH3 is 1. The summed E-state index contributed by atoms with van der Waals surface area (Å²) < 4.78 is 24.5. The second-order valence-corrected chi connectivity index (χ2v) is 6.72. The molecular weight excluding hydrogens is 353 g/mol. The van der Waals surface area contributed by atoms with Gasteiger partial charge < -0.3 is 19.2 Å². The number of aliphatic carboxylic acids is 1. The summed E-state index contributed by atoms with van der Waals surface area (Å²) in [5.74, 6) is -1.95. The quantitative estimate of drug-likeness (QED) is 0.829. The standard InChI is InChI=1S/C20H22FNO5/c1-26-18-8-7-15(11-17(18)21)22(12-16-6-3-9-27-16)19(23)13-4-2-5-14(10-13)20(24)25/h3,6-9,11,13-14H,2,4-5,10,12H2,1H3,(H,24,25). The van der Waals surface area contributed by atoms with Crippen LogP contribution < -0.4 is 9.64 Å². The minimum atomic E-state index is -0.874. The van der Waals surface area contributed by atoms with Crippen LogP contribution in [-0.4, -0.2) is 24.1 Å². The molecule has 0 saturated heterocycles. The number of furan rings is 1. The molecule has 0 spiro atoms. The van der Waals surface area contributed by atoms with Crippen LogP contribution in [0.4, 0.5) is 10.1 Å². The third kappa shape index (κ3) is 4.30. The maximum atomic E-state index is 14.2. The molecular formula is C20H22FNO5. The van der Waals surface area contributed by atoms with E-state index >= 15 is 0 Å². The van der Waals surface area contributed by atoms with Crippen molar-refractivity contribution in [3.05, 3.63) is 48.2 Å². The molecule has 0 radical (unpaired) electrons. The van der Waals surface area contributed by atoms with Gasteiger partial charge in [0, 0.05) is 17.7 Å². The number of nitrogens with zero attached hydrogens (tertiary/aromatic N) is 1. The number of amides is 1. The lowest BCUT2D eigenvalue weighted by Gasteiger charge is -2.31. The van der Waals surface area contributed by atoms with Gasteiger partial charge in [-0.1, -0.05) is 6.42 Å². The first-order valence-corrected chi connectivity index (χ1v) is 8.89. The van der Waals surface area contributed by atoms with Crippen LogP contribution in [0.2, 0.25) is 0 Å². The van der Waals surface area contributed by atoms with E-state index in [1.807, 2.05) is 0 Å². The van der Waals surface area contributed by atoms with E-state index < -0.39 is 23.6 Å². The molecule has 1 aromatic heterocycles. The predicted molar refractivity (Wildman–Crippen MR) is 95.9 cm³/mol. The molecule has 144 valence electrons. The van der Waals surface area contributed by atoms with Crippen molar-refractivity contribution >= 4 is 17.6 Å². The summed E-state index contributed by atoms with van der Waals surface area (Å²) in [6, 6.07) is 7.78. The zero-order valence-electron chi connectivity index (χ0n) is 15.1. The summed E-state index contributed by atoms with van der Waals surface area (Å²) >= 11 is 0.